The van der Waals surface area contributed by atoms with Gasteiger partial charge >= 0.3 is 5.97 Å². The normalized spacial score (nSPS) is 29.6. The summed E-state index contributed by atoms with van der Waals surface area (Å²) in [7, 11) is 0. The van der Waals surface area contributed by atoms with Crippen LogP contribution in [0.5, 0.6) is 11.5 Å². The van der Waals surface area contributed by atoms with Gasteiger partial charge in [0.15, 0.2) is 0 Å². The Bertz CT molecular complexity index is 929. The largest absolute Gasteiger partial charge is 0.462 e. The molecule has 144 valence electrons. The molecule has 0 spiro atoms. The highest BCUT2D eigenvalue weighted by Gasteiger charge is 2.63. The molecule has 3 fully saturated rings. The van der Waals surface area contributed by atoms with Gasteiger partial charge in [-0.05, 0) is 80.1 Å². The van der Waals surface area contributed by atoms with Gasteiger partial charge in [0, 0.05) is 11.6 Å². The second-order valence-corrected chi connectivity index (χ2v) is 8.36. The maximum absolute atomic E-state index is 12.8. The van der Waals surface area contributed by atoms with Crippen molar-refractivity contribution < 1.29 is 19.1 Å². The number of carbonyl (C=O) groups excluding carboxylic acids is 2. The Balaban J connectivity index is 1.26. The summed E-state index contributed by atoms with van der Waals surface area (Å²) in [5, 5.41) is 2.98. The lowest BCUT2D eigenvalue weighted by molar-refractivity contribution is -0.145. The lowest BCUT2D eigenvalue weighted by atomic mass is 9.79. The van der Waals surface area contributed by atoms with Gasteiger partial charge in [0.1, 0.15) is 17.6 Å². The van der Waals surface area contributed by atoms with E-state index in [0.29, 0.717) is 11.4 Å². The molecular formula is C23H23NO4. The van der Waals surface area contributed by atoms with Gasteiger partial charge in [-0.1, -0.05) is 6.07 Å². The van der Waals surface area contributed by atoms with E-state index in [2.05, 4.69) is 11.4 Å². The first-order valence-corrected chi connectivity index (χ1v) is 9.85. The van der Waals surface area contributed by atoms with Crippen molar-refractivity contribution in [2.75, 3.05) is 5.32 Å². The Labute approximate surface area is 164 Å². The number of fused-ring (bicyclic) bond motifs is 1. The second-order valence-electron chi connectivity index (χ2n) is 8.36. The van der Waals surface area contributed by atoms with Gasteiger partial charge in [0.05, 0.1) is 11.8 Å². The van der Waals surface area contributed by atoms with Crippen molar-refractivity contribution in [1.29, 1.82) is 0 Å². The molecule has 28 heavy (non-hydrogen) atoms. The summed E-state index contributed by atoms with van der Waals surface area (Å²) < 4.78 is 11.3. The quantitative estimate of drug-likeness (QED) is 0.810. The summed E-state index contributed by atoms with van der Waals surface area (Å²) in [4.78, 5) is 24.9. The number of amides is 1. The van der Waals surface area contributed by atoms with Crippen LogP contribution in [-0.2, 0) is 14.3 Å². The smallest absolute Gasteiger partial charge is 0.310 e. The van der Waals surface area contributed by atoms with Crippen LogP contribution in [0.3, 0.4) is 0 Å². The Morgan fingerprint density at radius 1 is 1.04 bits per heavy atom. The molecule has 1 amide bonds. The molecule has 2 aromatic carbocycles. The average molecular weight is 377 g/mol. The van der Waals surface area contributed by atoms with Crippen LogP contribution in [0.4, 0.5) is 5.69 Å². The van der Waals surface area contributed by atoms with Crippen molar-refractivity contribution in [2.24, 2.45) is 23.7 Å². The fraction of sp³-hybridized carbons (Fsp3) is 0.391. The lowest BCUT2D eigenvalue weighted by Gasteiger charge is -2.23. The molecule has 1 heterocycles. The van der Waals surface area contributed by atoms with Crippen LogP contribution in [0, 0.1) is 37.5 Å². The number of benzene rings is 2. The van der Waals surface area contributed by atoms with Gasteiger partial charge in [-0.3, -0.25) is 9.59 Å². The SMILES string of the molecule is Cc1cc(C)cc(Oc2ccc(NC(=O)[C@@H]3[C@@H]4C[C@@H]5[C@@H]3C(=O)O[C@@H]5C4)cc2)c1. The predicted octanol–water partition coefficient (Wildman–Crippen LogP) is 4.23. The summed E-state index contributed by atoms with van der Waals surface area (Å²) in [5.74, 6) is 1.24. The first-order valence-electron chi connectivity index (χ1n) is 9.85. The monoisotopic (exact) mass is 377 g/mol. The van der Waals surface area contributed by atoms with E-state index in [4.69, 9.17) is 9.47 Å². The van der Waals surface area contributed by atoms with Crippen LogP contribution in [-0.4, -0.2) is 18.0 Å². The third-order valence-corrected chi connectivity index (χ3v) is 6.34. The van der Waals surface area contributed by atoms with Crippen LogP contribution in [0.15, 0.2) is 42.5 Å². The molecule has 0 unspecified atom stereocenters. The number of hydrogen-bond donors (Lipinski definition) is 1. The summed E-state index contributed by atoms with van der Waals surface area (Å²) in [6, 6.07) is 13.4. The Kier molecular flexibility index (Phi) is 3.93. The molecule has 2 saturated carbocycles. The summed E-state index contributed by atoms with van der Waals surface area (Å²) in [5.41, 5.74) is 3.01. The van der Waals surface area contributed by atoms with Gasteiger partial charge in [-0.25, -0.2) is 0 Å². The molecule has 1 saturated heterocycles. The van der Waals surface area contributed by atoms with E-state index >= 15 is 0 Å². The predicted molar refractivity (Wildman–Crippen MR) is 104 cm³/mol. The topological polar surface area (TPSA) is 64.6 Å². The average Bonchev–Trinajstić information content (AvgIpc) is 3.25. The molecule has 2 bridgehead atoms. The Hall–Kier alpha value is -2.82. The van der Waals surface area contributed by atoms with Crippen LogP contribution in [0.2, 0.25) is 0 Å². The molecule has 2 aromatic rings. The number of aryl methyl sites for hydroxylation is 2. The molecule has 2 aliphatic carbocycles. The number of hydrogen-bond acceptors (Lipinski definition) is 4. The molecule has 1 N–H and O–H groups in total. The molecule has 5 heteroatoms. The van der Waals surface area contributed by atoms with E-state index in [1.54, 1.807) is 0 Å². The van der Waals surface area contributed by atoms with Crippen molar-refractivity contribution >= 4 is 17.6 Å². The minimum absolute atomic E-state index is 0.0493. The van der Waals surface area contributed by atoms with E-state index in [9.17, 15) is 9.59 Å². The molecule has 5 atom stereocenters. The number of ether oxygens (including phenoxy) is 2. The molecule has 1 aliphatic heterocycles. The maximum Gasteiger partial charge on any atom is 0.310 e. The molecule has 5 nitrogen and oxygen atoms in total. The third-order valence-electron chi connectivity index (χ3n) is 6.34. The van der Waals surface area contributed by atoms with Gasteiger partial charge < -0.3 is 14.8 Å². The number of anilines is 1. The summed E-state index contributed by atoms with van der Waals surface area (Å²) in [6.45, 7) is 4.08. The van der Waals surface area contributed by atoms with Crippen molar-refractivity contribution in [3.05, 3.63) is 53.6 Å². The van der Waals surface area contributed by atoms with Crippen LogP contribution >= 0.6 is 0 Å². The highest BCUT2D eigenvalue weighted by molar-refractivity contribution is 5.97. The standard InChI is InChI=1S/C23H23NO4/c1-12-7-13(2)9-17(8-12)27-16-5-3-15(4-6-16)24-22(25)20-14-10-18-19(11-14)28-23(26)21(18)20/h3-9,14,18-21H,10-11H2,1-2H3,(H,24,25)/t14-,18+,19-,20-,21+/m1/s1. The van der Waals surface area contributed by atoms with Gasteiger partial charge in [-0.2, -0.15) is 0 Å². The van der Waals surface area contributed by atoms with Gasteiger partial charge in [0.25, 0.3) is 0 Å². The fourth-order valence-electron chi connectivity index (χ4n) is 5.32. The van der Waals surface area contributed by atoms with E-state index in [1.807, 2.05) is 50.2 Å². The van der Waals surface area contributed by atoms with Crippen molar-refractivity contribution in [3.63, 3.8) is 0 Å². The van der Waals surface area contributed by atoms with E-state index < -0.39 is 0 Å². The number of nitrogens with one attached hydrogen (secondary N) is 1. The zero-order chi connectivity index (χ0) is 19.4. The molecule has 5 rings (SSSR count). The van der Waals surface area contributed by atoms with Crippen molar-refractivity contribution in [2.45, 2.75) is 32.8 Å². The Morgan fingerprint density at radius 3 is 2.46 bits per heavy atom. The lowest BCUT2D eigenvalue weighted by Crippen LogP contribution is -2.35. The molecule has 3 aliphatic rings. The zero-order valence-corrected chi connectivity index (χ0v) is 16.0. The van der Waals surface area contributed by atoms with Crippen molar-refractivity contribution in [1.82, 2.24) is 0 Å². The maximum atomic E-state index is 12.8. The number of carbonyl (C=O) groups is 2. The first-order chi connectivity index (χ1) is 13.5. The van der Waals surface area contributed by atoms with E-state index in [-0.39, 0.29) is 41.7 Å². The number of esters is 1. The molecule has 0 radical (unpaired) electrons. The molecule has 0 aromatic heterocycles. The van der Waals surface area contributed by atoms with E-state index in [1.165, 1.54) is 0 Å². The van der Waals surface area contributed by atoms with Gasteiger partial charge in [0.2, 0.25) is 5.91 Å². The fourth-order valence-corrected chi connectivity index (χ4v) is 5.32. The number of rotatable bonds is 4. The summed E-state index contributed by atoms with van der Waals surface area (Å²) >= 11 is 0. The highest BCUT2D eigenvalue weighted by Crippen LogP contribution is 2.57. The Morgan fingerprint density at radius 2 is 1.75 bits per heavy atom. The van der Waals surface area contributed by atoms with Gasteiger partial charge in [-0.15, -0.1) is 0 Å². The van der Waals surface area contributed by atoms with Crippen LogP contribution in [0.1, 0.15) is 24.0 Å². The van der Waals surface area contributed by atoms with Crippen molar-refractivity contribution in [3.8, 4) is 11.5 Å². The zero-order valence-electron chi connectivity index (χ0n) is 16.0. The van der Waals surface area contributed by atoms with Crippen LogP contribution in [0.25, 0.3) is 0 Å². The third kappa shape index (κ3) is 2.86. The summed E-state index contributed by atoms with van der Waals surface area (Å²) in [6.07, 6.45) is 1.81. The van der Waals surface area contributed by atoms with E-state index in [0.717, 1.165) is 29.7 Å². The molecular weight excluding hydrogens is 354 g/mol. The highest BCUT2D eigenvalue weighted by atomic mass is 16.6. The van der Waals surface area contributed by atoms with Crippen LogP contribution < -0.4 is 10.1 Å². The second kappa shape index (κ2) is 6.36. The first kappa shape index (κ1) is 17.3. The minimum atomic E-state index is -0.262. The minimum Gasteiger partial charge on any atom is -0.462 e.